The number of aromatic nitrogens is 2. The van der Waals surface area contributed by atoms with Crippen molar-refractivity contribution in [1.82, 2.24) is 9.55 Å². The lowest BCUT2D eigenvalue weighted by atomic mass is 10.1. The first-order valence-electron chi connectivity index (χ1n) is 6.28. The number of ether oxygens (including phenoxy) is 1. The van der Waals surface area contributed by atoms with Crippen molar-refractivity contribution in [3.05, 3.63) is 52.9 Å². The van der Waals surface area contributed by atoms with Gasteiger partial charge in [-0.15, -0.1) is 17.0 Å². The van der Waals surface area contributed by atoms with E-state index in [9.17, 15) is 4.79 Å². The molecule has 0 bridgehead atoms. The molecule has 0 aliphatic rings. The topological polar surface area (TPSA) is 68.0 Å². The number of methoxy groups -OCH3 is 1. The van der Waals surface area contributed by atoms with Crippen molar-refractivity contribution >= 4 is 22.8 Å². The predicted octanol–water partition coefficient (Wildman–Crippen LogP) is 2.45. The van der Waals surface area contributed by atoms with Gasteiger partial charge in [0.05, 0.1) is 13.7 Å². The van der Waals surface area contributed by atoms with Crippen LogP contribution in [0.15, 0.2) is 30.3 Å². The number of nitrogens with one attached hydrogen (secondary N) is 1. The quantitative estimate of drug-likeness (QED) is 0.860. The Hall–Kier alpha value is -1.95. The van der Waals surface area contributed by atoms with Gasteiger partial charge in [-0.1, -0.05) is 0 Å². The Morgan fingerprint density at radius 1 is 1.29 bits per heavy atom. The van der Waals surface area contributed by atoms with Crippen LogP contribution in [0.2, 0.25) is 0 Å². The maximum absolute atomic E-state index is 12.2. The molecule has 1 heterocycles. The standard InChI is InChI=1S/C15H17N3O2.BrH/c1-10-8-15(16)18(11(2)17-10)9-14(19)12-4-6-13(20-3)7-5-12;/h4-8,16H,9H2,1-3H3;1H. The van der Waals surface area contributed by atoms with Crippen molar-refractivity contribution in [2.75, 3.05) is 7.11 Å². The number of halogens is 1. The minimum Gasteiger partial charge on any atom is -0.497 e. The summed E-state index contributed by atoms with van der Waals surface area (Å²) in [6.07, 6.45) is 0. The van der Waals surface area contributed by atoms with Crippen LogP contribution >= 0.6 is 17.0 Å². The average Bonchev–Trinajstić information content (AvgIpc) is 2.42. The molecule has 0 unspecified atom stereocenters. The van der Waals surface area contributed by atoms with Gasteiger partial charge in [-0.3, -0.25) is 10.2 Å². The lowest BCUT2D eigenvalue weighted by Gasteiger charge is -2.10. The van der Waals surface area contributed by atoms with Gasteiger partial charge in [0.2, 0.25) is 0 Å². The van der Waals surface area contributed by atoms with Gasteiger partial charge in [-0.2, -0.15) is 0 Å². The minimum absolute atomic E-state index is 0. The second-order valence-electron chi connectivity index (χ2n) is 4.57. The Kier molecular flexibility index (Phi) is 5.84. The van der Waals surface area contributed by atoms with E-state index in [0.717, 1.165) is 5.69 Å². The van der Waals surface area contributed by atoms with Crippen molar-refractivity contribution in [2.24, 2.45) is 0 Å². The van der Waals surface area contributed by atoms with E-state index in [-0.39, 0.29) is 34.8 Å². The fourth-order valence-electron chi connectivity index (χ4n) is 2.01. The molecule has 0 atom stereocenters. The zero-order valence-corrected chi connectivity index (χ0v) is 13.9. The zero-order chi connectivity index (χ0) is 14.7. The van der Waals surface area contributed by atoms with Crippen LogP contribution in [0.1, 0.15) is 21.9 Å². The number of benzene rings is 1. The molecule has 112 valence electrons. The Morgan fingerprint density at radius 2 is 1.90 bits per heavy atom. The second-order valence-corrected chi connectivity index (χ2v) is 4.57. The van der Waals surface area contributed by atoms with Gasteiger partial charge in [-0.25, -0.2) is 4.98 Å². The smallest absolute Gasteiger partial charge is 0.182 e. The number of Topliss-reactive ketones (excluding diaryl/α,β-unsaturated/α-hetero) is 1. The summed E-state index contributed by atoms with van der Waals surface area (Å²) in [5, 5.41) is 7.92. The van der Waals surface area contributed by atoms with Gasteiger partial charge >= 0.3 is 0 Å². The molecule has 6 heteroatoms. The molecule has 1 aromatic heterocycles. The third-order valence-electron chi connectivity index (χ3n) is 3.08. The molecular formula is C15H18BrN3O2. The van der Waals surface area contributed by atoms with Crippen LogP contribution in [-0.2, 0) is 6.54 Å². The summed E-state index contributed by atoms with van der Waals surface area (Å²) >= 11 is 0. The number of hydrogen-bond acceptors (Lipinski definition) is 4. The fraction of sp³-hybridized carbons (Fsp3) is 0.267. The SMILES string of the molecule is Br.COc1ccc(C(=O)Cn2c(C)nc(C)cc2=N)cc1. The van der Waals surface area contributed by atoms with Crippen molar-refractivity contribution in [1.29, 1.82) is 5.41 Å². The third-order valence-corrected chi connectivity index (χ3v) is 3.08. The molecule has 1 aromatic carbocycles. The molecule has 1 N–H and O–H groups in total. The molecule has 0 fully saturated rings. The van der Waals surface area contributed by atoms with E-state index in [1.807, 2.05) is 6.92 Å². The Balaban J connectivity index is 0.00000220. The lowest BCUT2D eigenvalue weighted by Crippen LogP contribution is -2.27. The van der Waals surface area contributed by atoms with E-state index in [1.54, 1.807) is 48.9 Å². The van der Waals surface area contributed by atoms with Crippen molar-refractivity contribution < 1.29 is 9.53 Å². The highest BCUT2D eigenvalue weighted by Crippen LogP contribution is 2.12. The summed E-state index contributed by atoms with van der Waals surface area (Å²) in [6, 6.07) is 8.60. The molecule has 0 saturated heterocycles. The van der Waals surface area contributed by atoms with Crippen LogP contribution in [0.5, 0.6) is 5.75 Å². The maximum Gasteiger partial charge on any atom is 0.182 e. The normalized spacial score (nSPS) is 9.86. The van der Waals surface area contributed by atoms with E-state index in [1.165, 1.54) is 0 Å². The highest BCUT2D eigenvalue weighted by molar-refractivity contribution is 8.93. The molecule has 5 nitrogen and oxygen atoms in total. The zero-order valence-electron chi connectivity index (χ0n) is 12.2. The monoisotopic (exact) mass is 351 g/mol. The number of carbonyl (C=O) groups excluding carboxylic acids is 1. The van der Waals surface area contributed by atoms with E-state index < -0.39 is 0 Å². The number of carbonyl (C=O) groups is 1. The molecule has 0 radical (unpaired) electrons. The molecule has 0 amide bonds. The van der Waals surface area contributed by atoms with Crippen LogP contribution in [0.25, 0.3) is 0 Å². The second kappa shape index (κ2) is 7.17. The molecular weight excluding hydrogens is 334 g/mol. The van der Waals surface area contributed by atoms with Gasteiger partial charge in [0, 0.05) is 17.3 Å². The Bertz CT molecular complexity index is 693. The number of hydrogen-bond donors (Lipinski definition) is 1. The maximum atomic E-state index is 12.2. The number of nitrogens with zero attached hydrogens (tertiary/aromatic N) is 2. The molecule has 0 spiro atoms. The first-order chi connectivity index (χ1) is 9.51. The first kappa shape index (κ1) is 17.1. The predicted molar refractivity (Wildman–Crippen MR) is 85.2 cm³/mol. The van der Waals surface area contributed by atoms with Gasteiger partial charge < -0.3 is 9.30 Å². The van der Waals surface area contributed by atoms with Crippen molar-refractivity contribution in [3.8, 4) is 5.75 Å². The summed E-state index contributed by atoms with van der Waals surface area (Å²) in [4.78, 5) is 16.5. The van der Waals surface area contributed by atoms with Crippen LogP contribution in [0.3, 0.4) is 0 Å². The number of ketones is 1. The summed E-state index contributed by atoms with van der Waals surface area (Å²) in [5.74, 6) is 1.32. The summed E-state index contributed by atoms with van der Waals surface area (Å²) < 4.78 is 6.66. The van der Waals surface area contributed by atoms with E-state index >= 15 is 0 Å². The van der Waals surface area contributed by atoms with Gasteiger partial charge in [0.25, 0.3) is 0 Å². The van der Waals surface area contributed by atoms with Crippen molar-refractivity contribution in [3.63, 3.8) is 0 Å². The lowest BCUT2D eigenvalue weighted by molar-refractivity contribution is 0.0968. The van der Waals surface area contributed by atoms with Crippen LogP contribution < -0.4 is 10.2 Å². The van der Waals surface area contributed by atoms with E-state index in [0.29, 0.717) is 17.1 Å². The highest BCUT2D eigenvalue weighted by Gasteiger charge is 2.09. The van der Waals surface area contributed by atoms with Gasteiger partial charge in [-0.05, 0) is 38.1 Å². The molecule has 21 heavy (non-hydrogen) atoms. The van der Waals surface area contributed by atoms with Gasteiger partial charge in [0.1, 0.15) is 17.1 Å². The fourth-order valence-corrected chi connectivity index (χ4v) is 2.01. The Labute approximate surface area is 133 Å². The molecule has 0 aliphatic heterocycles. The number of aryl methyl sites for hydroxylation is 2. The average molecular weight is 352 g/mol. The number of rotatable bonds is 4. The Morgan fingerprint density at radius 3 is 2.43 bits per heavy atom. The molecule has 0 aliphatic carbocycles. The summed E-state index contributed by atoms with van der Waals surface area (Å²) in [6.45, 7) is 3.75. The summed E-state index contributed by atoms with van der Waals surface area (Å²) in [5.41, 5.74) is 1.66. The third kappa shape index (κ3) is 4.01. The van der Waals surface area contributed by atoms with Crippen LogP contribution in [0, 0.1) is 19.3 Å². The van der Waals surface area contributed by atoms with E-state index in [4.69, 9.17) is 10.1 Å². The summed E-state index contributed by atoms with van der Waals surface area (Å²) in [7, 11) is 1.58. The molecule has 2 aromatic rings. The van der Waals surface area contributed by atoms with Crippen LogP contribution in [0.4, 0.5) is 0 Å². The molecule has 0 saturated carbocycles. The largest absolute Gasteiger partial charge is 0.497 e. The molecule has 2 rings (SSSR count). The van der Waals surface area contributed by atoms with E-state index in [2.05, 4.69) is 4.98 Å². The minimum atomic E-state index is -0.0556. The van der Waals surface area contributed by atoms with Crippen LogP contribution in [-0.4, -0.2) is 22.4 Å². The highest BCUT2D eigenvalue weighted by atomic mass is 79.9. The van der Waals surface area contributed by atoms with Gasteiger partial charge in [0.15, 0.2) is 5.78 Å². The first-order valence-corrected chi connectivity index (χ1v) is 6.28. The van der Waals surface area contributed by atoms with Crippen molar-refractivity contribution in [2.45, 2.75) is 20.4 Å².